The third-order valence-electron chi connectivity index (χ3n) is 4.55. The van der Waals surface area contributed by atoms with Crippen molar-refractivity contribution in [3.8, 4) is 11.4 Å². The normalized spacial score (nSPS) is 12.0. The molecule has 0 aliphatic heterocycles. The summed E-state index contributed by atoms with van der Waals surface area (Å²) in [5.74, 6) is 1.64. The zero-order valence-corrected chi connectivity index (χ0v) is 14.6. The molecule has 0 saturated heterocycles. The van der Waals surface area contributed by atoms with Crippen LogP contribution in [-0.4, -0.2) is 9.97 Å². The Morgan fingerprint density at radius 3 is 2.14 bits per heavy atom. The van der Waals surface area contributed by atoms with Crippen LogP contribution in [0, 0.1) is 6.92 Å². The second-order valence-electron chi connectivity index (χ2n) is 6.90. The Morgan fingerprint density at radius 1 is 1.09 bits per heavy atom. The Balaban J connectivity index is 2.41. The highest BCUT2D eigenvalue weighted by Crippen LogP contribution is 2.30. The van der Waals surface area contributed by atoms with E-state index in [1.54, 1.807) is 0 Å². The fourth-order valence-electron chi connectivity index (χ4n) is 2.72. The smallest absolute Gasteiger partial charge is 0.161 e. The van der Waals surface area contributed by atoms with Gasteiger partial charge in [0.1, 0.15) is 5.82 Å². The first-order valence-corrected chi connectivity index (χ1v) is 8.01. The topological polar surface area (TPSA) is 51.8 Å². The molecule has 0 amide bonds. The summed E-state index contributed by atoms with van der Waals surface area (Å²) in [6.45, 7) is 13.0. The van der Waals surface area contributed by atoms with E-state index in [4.69, 9.17) is 5.73 Å². The lowest BCUT2D eigenvalue weighted by Crippen LogP contribution is -2.15. The second kappa shape index (κ2) is 6.07. The van der Waals surface area contributed by atoms with Crippen molar-refractivity contribution in [2.45, 2.75) is 59.3 Å². The molecule has 0 aliphatic rings. The van der Waals surface area contributed by atoms with Crippen molar-refractivity contribution in [2.75, 3.05) is 5.73 Å². The fourth-order valence-corrected chi connectivity index (χ4v) is 2.72. The molecule has 2 rings (SSSR count). The number of hydrogen-bond donors (Lipinski definition) is 1. The minimum absolute atomic E-state index is 0.190. The number of nitrogens with zero attached hydrogens (tertiary/aromatic N) is 2. The van der Waals surface area contributed by atoms with Crippen LogP contribution in [0.1, 0.15) is 63.8 Å². The van der Waals surface area contributed by atoms with Crippen LogP contribution in [0.5, 0.6) is 0 Å². The highest BCUT2D eigenvalue weighted by molar-refractivity contribution is 5.60. The van der Waals surface area contributed by atoms with E-state index in [0.29, 0.717) is 17.6 Å². The molecule has 22 heavy (non-hydrogen) atoms. The maximum Gasteiger partial charge on any atom is 0.161 e. The Morgan fingerprint density at radius 2 is 1.68 bits per heavy atom. The largest absolute Gasteiger partial charge is 0.383 e. The van der Waals surface area contributed by atoms with Gasteiger partial charge in [0.25, 0.3) is 0 Å². The summed E-state index contributed by atoms with van der Waals surface area (Å²) < 4.78 is 0. The molecule has 1 aromatic carbocycles. The van der Waals surface area contributed by atoms with Crippen molar-refractivity contribution in [3.05, 3.63) is 41.1 Å². The van der Waals surface area contributed by atoms with Gasteiger partial charge in [-0.2, -0.15) is 0 Å². The SMILES string of the molecule is CCC(C)(C)c1ccc(-c2nc(C)c(C(C)C)c(N)n2)cc1. The number of hydrogen-bond acceptors (Lipinski definition) is 3. The maximum atomic E-state index is 6.13. The summed E-state index contributed by atoms with van der Waals surface area (Å²) in [7, 11) is 0. The molecule has 2 N–H and O–H groups in total. The standard InChI is InChI=1S/C19H27N3/c1-7-19(5,6)15-10-8-14(9-11-15)18-21-13(4)16(12(2)3)17(20)22-18/h8-12H,7H2,1-6H3,(H2,20,21,22). The third kappa shape index (κ3) is 3.13. The molecule has 3 heteroatoms. The summed E-state index contributed by atoms with van der Waals surface area (Å²) in [6.07, 6.45) is 1.11. The van der Waals surface area contributed by atoms with Crippen molar-refractivity contribution in [3.63, 3.8) is 0 Å². The molecule has 1 aromatic heterocycles. The molecule has 0 saturated carbocycles. The van der Waals surface area contributed by atoms with Crippen molar-refractivity contribution >= 4 is 5.82 Å². The number of benzene rings is 1. The summed E-state index contributed by atoms with van der Waals surface area (Å²) in [6, 6.07) is 8.53. The zero-order valence-electron chi connectivity index (χ0n) is 14.6. The van der Waals surface area contributed by atoms with E-state index in [1.807, 2.05) is 6.92 Å². The minimum atomic E-state index is 0.190. The Hall–Kier alpha value is -1.90. The number of nitrogen functional groups attached to an aromatic ring is 1. The number of anilines is 1. The highest BCUT2D eigenvalue weighted by atomic mass is 15.0. The second-order valence-corrected chi connectivity index (χ2v) is 6.90. The van der Waals surface area contributed by atoms with Gasteiger partial charge in [0, 0.05) is 16.8 Å². The van der Waals surface area contributed by atoms with Crippen LogP contribution in [0.3, 0.4) is 0 Å². The van der Waals surface area contributed by atoms with E-state index < -0.39 is 0 Å². The molecule has 0 fully saturated rings. The number of nitrogens with two attached hydrogens (primary N) is 1. The first kappa shape index (κ1) is 16.5. The summed E-state index contributed by atoms with van der Waals surface area (Å²) in [4.78, 5) is 9.15. The lowest BCUT2D eigenvalue weighted by molar-refractivity contribution is 0.506. The lowest BCUT2D eigenvalue weighted by Gasteiger charge is -2.23. The van der Waals surface area contributed by atoms with Gasteiger partial charge in [-0.15, -0.1) is 0 Å². The predicted molar refractivity (Wildman–Crippen MR) is 94.0 cm³/mol. The van der Waals surface area contributed by atoms with Gasteiger partial charge in [-0.25, -0.2) is 9.97 Å². The molecule has 0 aliphatic carbocycles. The third-order valence-corrected chi connectivity index (χ3v) is 4.55. The van der Waals surface area contributed by atoms with Gasteiger partial charge in [0.05, 0.1) is 0 Å². The molecule has 2 aromatic rings. The summed E-state index contributed by atoms with van der Waals surface area (Å²) in [5.41, 5.74) is 10.7. The lowest BCUT2D eigenvalue weighted by atomic mass is 9.82. The Labute approximate surface area is 134 Å². The monoisotopic (exact) mass is 297 g/mol. The van der Waals surface area contributed by atoms with E-state index in [1.165, 1.54) is 5.56 Å². The van der Waals surface area contributed by atoms with Crippen LogP contribution >= 0.6 is 0 Å². The van der Waals surface area contributed by atoms with Gasteiger partial charge in [-0.3, -0.25) is 0 Å². The average molecular weight is 297 g/mol. The van der Waals surface area contributed by atoms with Gasteiger partial charge in [-0.05, 0) is 30.2 Å². The van der Waals surface area contributed by atoms with Crippen LogP contribution in [0.15, 0.2) is 24.3 Å². The zero-order chi connectivity index (χ0) is 16.5. The van der Waals surface area contributed by atoms with E-state index in [0.717, 1.165) is 23.2 Å². The molecule has 0 atom stereocenters. The van der Waals surface area contributed by atoms with Gasteiger partial charge in [-0.1, -0.05) is 58.9 Å². The van der Waals surface area contributed by atoms with Crippen LogP contribution < -0.4 is 5.73 Å². The molecule has 0 bridgehead atoms. The molecule has 1 heterocycles. The van der Waals surface area contributed by atoms with Crippen molar-refractivity contribution in [2.24, 2.45) is 0 Å². The maximum absolute atomic E-state index is 6.13. The molecular weight excluding hydrogens is 270 g/mol. The Bertz CT molecular complexity index is 632. The van der Waals surface area contributed by atoms with Crippen LogP contribution in [0.2, 0.25) is 0 Å². The van der Waals surface area contributed by atoms with Crippen LogP contribution in [0.4, 0.5) is 5.82 Å². The van der Waals surface area contributed by atoms with Gasteiger partial charge < -0.3 is 5.73 Å². The van der Waals surface area contributed by atoms with Crippen LogP contribution in [-0.2, 0) is 5.41 Å². The van der Waals surface area contributed by atoms with E-state index in [9.17, 15) is 0 Å². The first-order valence-electron chi connectivity index (χ1n) is 8.01. The highest BCUT2D eigenvalue weighted by Gasteiger charge is 2.18. The first-order chi connectivity index (χ1) is 10.3. The number of aromatic nitrogens is 2. The quantitative estimate of drug-likeness (QED) is 0.878. The molecular formula is C19H27N3. The summed E-state index contributed by atoms with van der Waals surface area (Å²) >= 11 is 0. The minimum Gasteiger partial charge on any atom is -0.383 e. The number of aryl methyl sites for hydroxylation is 1. The van der Waals surface area contributed by atoms with E-state index in [-0.39, 0.29) is 5.41 Å². The average Bonchev–Trinajstić information content (AvgIpc) is 2.46. The molecule has 0 unspecified atom stereocenters. The van der Waals surface area contributed by atoms with Crippen molar-refractivity contribution in [1.29, 1.82) is 0 Å². The number of rotatable bonds is 4. The van der Waals surface area contributed by atoms with Crippen LogP contribution in [0.25, 0.3) is 11.4 Å². The van der Waals surface area contributed by atoms with Crippen molar-refractivity contribution in [1.82, 2.24) is 9.97 Å². The molecule has 3 nitrogen and oxygen atoms in total. The predicted octanol–water partition coefficient (Wildman–Crippen LogP) is 4.85. The molecule has 0 spiro atoms. The van der Waals surface area contributed by atoms with E-state index in [2.05, 4.69) is 68.9 Å². The fraction of sp³-hybridized carbons (Fsp3) is 0.474. The van der Waals surface area contributed by atoms with Gasteiger partial charge >= 0.3 is 0 Å². The Kier molecular flexibility index (Phi) is 4.55. The van der Waals surface area contributed by atoms with Crippen molar-refractivity contribution < 1.29 is 0 Å². The molecule has 118 valence electrons. The summed E-state index contributed by atoms with van der Waals surface area (Å²) in [5, 5.41) is 0. The molecule has 0 radical (unpaired) electrons. The van der Waals surface area contributed by atoms with Gasteiger partial charge in [0.15, 0.2) is 5.82 Å². The van der Waals surface area contributed by atoms with E-state index >= 15 is 0 Å². The van der Waals surface area contributed by atoms with Gasteiger partial charge in [0.2, 0.25) is 0 Å².